The van der Waals surface area contributed by atoms with Crippen molar-refractivity contribution in [3.8, 4) is 0 Å². The second-order valence-electron chi connectivity index (χ2n) is 9.60. The maximum Gasteiger partial charge on any atom is 0.267 e. The van der Waals surface area contributed by atoms with Crippen molar-refractivity contribution in [3.63, 3.8) is 0 Å². The van der Waals surface area contributed by atoms with Crippen LogP contribution in [0.3, 0.4) is 0 Å². The van der Waals surface area contributed by atoms with E-state index >= 15 is 0 Å². The van der Waals surface area contributed by atoms with Crippen molar-refractivity contribution in [2.75, 3.05) is 5.73 Å². The molecule has 35 heavy (non-hydrogen) atoms. The van der Waals surface area contributed by atoms with Gasteiger partial charge in [0.1, 0.15) is 29.5 Å². The molecule has 2 aliphatic rings. The number of ether oxygens (including phenoxy) is 1. The number of halogens is 2. The van der Waals surface area contributed by atoms with Gasteiger partial charge in [0.25, 0.3) is 6.43 Å². The number of nitrogens with zero attached hydrogens (tertiary/aromatic N) is 4. The summed E-state index contributed by atoms with van der Waals surface area (Å²) < 4.78 is 34.4. The second-order valence-corrected chi connectivity index (χ2v) is 9.60. The molecule has 6 rings (SSSR count). The number of alkyl halides is 2. The lowest BCUT2D eigenvalue weighted by Gasteiger charge is -2.26. The van der Waals surface area contributed by atoms with E-state index in [4.69, 9.17) is 10.5 Å². The van der Waals surface area contributed by atoms with Crippen LogP contribution in [0.5, 0.6) is 0 Å². The van der Waals surface area contributed by atoms with Crippen molar-refractivity contribution in [1.82, 2.24) is 19.5 Å². The normalized spacial score (nSPS) is 28.4. The highest BCUT2D eigenvalue weighted by Gasteiger charge is 2.61. The highest BCUT2D eigenvalue weighted by Crippen LogP contribution is 2.50. The number of hydrogen-bond acceptors (Lipinski definition) is 7. The van der Waals surface area contributed by atoms with Gasteiger partial charge in [-0.2, -0.15) is 0 Å². The van der Waals surface area contributed by atoms with Gasteiger partial charge in [-0.25, -0.2) is 23.7 Å². The first-order chi connectivity index (χ1) is 16.8. The van der Waals surface area contributed by atoms with Crippen LogP contribution >= 0.6 is 0 Å². The van der Waals surface area contributed by atoms with E-state index in [0.29, 0.717) is 35.8 Å². The number of aliphatic hydroxyl groups excluding tert-OH is 1. The van der Waals surface area contributed by atoms with Gasteiger partial charge in [0.15, 0.2) is 6.23 Å². The van der Waals surface area contributed by atoms with E-state index in [9.17, 15) is 19.0 Å². The lowest BCUT2D eigenvalue weighted by atomic mass is 9.90. The number of aryl methyl sites for hydroxylation is 1. The maximum atomic E-state index is 13.2. The van der Waals surface area contributed by atoms with Gasteiger partial charge in [0, 0.05) is 17.0 Å². The largest absolute Gasteiger partial charge is 0.385 e. The molecule has 4 N–H and O–H groups in total. The van der Waals surface area contributed by atoms with Crippen LogP contribution in [0.15, 0.2) is 42.9 Å². The predicted octanol–water partition coefficient (Wildman–Crippen LogP) is 3.45. The SMILES string of the molecule is Cc1ncnc2c1ccn2[C@@H]1O[C@@H]2[C@H](Cc3ccc4cc(C(F)F)c(N)nc4c3)CC[C@]2(O)[C@H]1O. The van der Waals surface area contributed by atoms with Gasteiger partial charge >= 0.3 is 0 Å². The summed E-state index contributed by atoms with van der Waals surface area (Å²) in [6.45, 7) is 1.89. The van der Waals surface area contributed by atoms with Crippen molar-refractivity contribution in [2.45, 2.75) is 56.6 Å². The molecule has 10 heteroatoms. The number of aromatic nitrogens is 4. The van der Waals surface area contributed by atoms with Gasteiger partial charge in [0.05, 0.1) is 22.9 Å². The molecule has 1 aromatic carbocycles. The fourth-order valence-electron chi connectivity index (χ4n) is 5.71. The van der Waals surface area contributed by atoms with Crippen molar-refractivity contribution in [1.29, 1.82) is 0 Å². The summed E-state index contributed by atoms with van der Waals surface area (Å²) in [5, 5.41) is 24.0. The summed E-state index contributed by atoms with van der Waals surface area (Å²) >= 11 is 0. The third-order valence-electron chi connectivity index (χ3n) is 7.56. The summed E-state index contributed by atoms with van der Waals surface area (Å²) in [6, 6.07) is 8.71. The van der Waals surface area contributed by atoms with Gasteiger partial charge in [-0.3, -0.25) is 0 Å². The Labute approximate surface area is 199 Å². The Morgan fingerprint density at radius 3 is 2.89 bits per heavy atom. The number of anilines is 1. The van der Waals surface area contributed by atoms with E-state index in [1.807, 2.05) is 25.1 Å². The summed E-state index contributed by atoms with van der Waals surface area (Å²) in [5.74, 6) is -0.226. The van der Waals surface area contributed by atoms with Crippen LogP contribution in [-0.4, -0.2) is 47.5 Å². The number of nitrogens with two attached hydrogens (primary N) is 1. The molecule has 182 valence electrons. The number of pyridine rings is 1. The van der Waals surface area contributed by atoms with Crippen LogP contribution in [0.2, 0.25) is 0 Å². The average Bonchev–Trinajstić information content (AvgIpc) is 3.46. The Morgan fingerprint density at radius 2 is 2.09 bits per heavy atom. The zero-order valence-corrected chi connectivity index (χ0v) is 19.0. The van der Waals surface area contributed by atoms with E-state index < -0.39 is 30.5 Å². The summed E-state index contributed by atoms with van der Waals surface area (Å²) in [4.78, 5) is 12.7. The molecular weight excluding hydrogens is 456 g/mol. The van der Waals surface area contributed by atoms with Crippen molar-refractivity contribution in [2.24, 2.45) is 5.92 Å². The van der Waals surface area contributed by atoms with Crippen LogP contribution in [0.1, 0.15) is 42.3 Å². The molecule has 4 aromatic rings. The van der Waals surface area contributed by atoms with Crippen LogP contribution in [0.4, 0.5) is 14.6 Å². The molecule has 0 bridgehead atoms. The van der Waals surface area contributed by atoms with Gasteiger partial charge < -0.3 is 25.3 Å². The molecule has 1 aliphatic heterocycles. The number of hydrogen-bond donors (Lipinski definition) is 3. The van der Waals surface area contributed by atoms with E-state index in [-0.39, 0.29) is 17.3 Å². The molecule has 0 spiro atoms. The maximum absolute atomic E-state index is 13.2. The minimum Gasteiger partial charge on any atom is -0.385 e. The van der Waals surface area contributed by atoms with Crippen molar-refractivity contribution >= 4 is 27.8 Å². The molecule has 0 amide bonds. The van der Waals surface area contributed by atoms with E-state index in [1.165, 1.54) is 12.4 Å². The quantitative estimate of drug-likeness (QED) is 0.408. The number of aliphatic hydroxyl groups is 2. The highest BCUT2D eigenvalue weighted by molar-refractivity contribution is 5.82. The van der Waals surface area contributed by atoms with Crippen LogP contribution < -0.4 is 5.73 Å². The van der Waals surface area contributed by atoms with Gasteiger partial charge in [-0.1, -0.05) is 12.1 Å². The Balaban J connectivity index is 1.28. The Kier molecular flexibility index (Phi) is 5.03. The van der Waals surface area contributed by atoms with Crippen LogP contribution in [-0.2, 0) is 11.2 Å². The minimum absolute atomic E-state index is 0.0482. The Hall–Kier alpha value is -3.21. The lowest BCUT2D eigenvalue weighted by molar-refractivity contribution is -0.0675. The third kappa shape index (κ3) is 3.39. The average molecular weight is 482 g/mol. The van der Waals surface area contributed by atoms with E-state index in [2.05, 4.69) is 15.0 Å². The summed E-state index contributed by atoms with van der Waals surface area (Å²) in [6.07, 6.45) is -0.216. The lowest BCUT2D eigenvalue weighted by Crippen LogP contribution is -2.45. The van der Waals surface area contributed by atoms with Crippen LogP contribution in [0, 0.1) is 12.8 Å². The monoisotopic (exact) mass is 481 g/mol. The number of rotatable bonds is 4. The van der Waals surface area contributed by atoms with Crippen molar-refractivity contribution in [3.05, 3.63) is 59.7 Å². The first-order valence-electron chi connectivity index (χ1n) is 11.6. The third-order valence-corrected chi connectivity index (χ3v) is 7.56. The predicted molar refractivity (Wildman–Crippen MR) is 125 cm³/mol. The van der Waals surface area contributed by atoms with Crippen LogP contribution in [0.25, 0.3) is 21.9 Å². The van der Waals surface area contributed by atoms with E-state index in [1.54, 1.807) is 16.8 Å². The number of nitrogen functional groups attached to an aromatic ring is 1. The topological polar surface area (TPSA) is 119 Å². The Bertz CT molecular complexity index is 1440. The standard InChI is InChI=1S/C25H25F2N5O3/c1-12-16-5-7-32(23(16)30-11-29-12)24-19(33)25(34)6-4-15(20(25)35-24)8-13-2-3-14-10-17(21(26)27)22(28)31-18(14)9-13/h2-3,5,7,9-11,15,19-21,24,33-34H,4,6,8H2,1H3,(H2,28,31)/t15-,19-,20+,24+,25-/m0/s1. The number of fused-ring (bicyclic) bond motifs is 3. The molecule has 0 radical (unpaired) electrons. The zero-order valence-electron chi connectivity index (χ0n) is 19.0. The molecule has 1 saturated carbocycles. The van der Waals surface area contributed by atoms with E-state index in [0.717, 1.165) is 16.6 Å². The fraction of sp³-hybridized carbons (Fsp3) is 0.400. The van der Waals surface area contributed by atoms with Crippen molar-refractivity contribution < 1.29 is 23.7 Å². The molecule has 0 unspecified atom stereocenters. The molecule has 1 aliphatic carbocycles. The molecule has 5 atom stereocenters. The molecule has 3 aromatic heterocycles. The highest BCUT2D eigenvalue weighted by atomic mass is 19.3. The molecule has 8 nitrogen and oxygen atoms in total. The van der Waals surface area contributed by atoms with Gasteiger partial charge in [-0.15, -0.1) is 0 Å². The minimum atomic E-state index is -2.69. The molecule has 4 heterocycles. The first kappa shape index (κ1) is 22.3. The molecule has 1 saturated heterocycles. The fourth-order valence-corrected chi connectivity index (χ4v) is 5.71. The molecular formula is C25H25F2N5O3. The second kappa shape index (κ2) is 7.91. The zero-order chi connectivity index (χ0) is 24.5. The summed E-state index contributed by atoms with van der Waals surface area (Å²) in [5.41, 5.74) is 7.02. The number of benzene rings is 1. The molecule has 2 fully saturated rings. The smallest absolute Gasteiger partial charge is 0.267 e. The summed E-state index contributed by atoms with van der Waals surface area (Å²) in [7, 11) is 0. The Morgan fingerprint density at radius 1 is 1.26 bits per heavy atom. The van der Waals surface area contributed by atoms with Gasteiger partial charge in [0.2, 0.25) is 0 Å². The van der Waals surface area contributed by atoms with Gasteiger partial charge in [-0.05, 0) is 55.9 Å². The first-order valence-corrected chi connectivity index (χ1v) is 11.6.